The molecule has 0 saturated heterocycles. The molecule has 0 saturated carbocycles. The van der Waals surface area contributed by atoms with Gasteiger partial charge in [-0.1, -0.05) is 53.8 Å². The fourth-order valence-corrected chi connectivity index (χ4v) is 4.31. The first kappa shape index (κ1) is 19.8. The topological polar surface area (TPSA) is 89.8 Å². The average Bonchev–Trinajstić information content (AvgIpc) is 3.11. The standard InChI is InChI=1S/C22H19N3O4S/c1-14(26)23-17(15-7-3-2-4-8-15)12-21(28)29-13-16-11-20(27)25-18-9-5-6-10-19(18)30-22(25)24-16/h2-11,17H,12-13H2,1H3,(H,23,26)/t17-/m1/s1. The van der Waals surface area contributed by atoms with Crippen LogP contribution in [0.1, 0.15) is 30.6 Å². The van der Waals surface area contributed by atoms with E-state index < -0.39 is 12.0 Å². The lowest BCUT2D eigenvalue weighted by Crippen LogP contribution is -2.28. The molecule has 2 aromatic heterocycles. The Balaban J connectivity index is 1.49. The van der Waals surface area contributed by atoms with Gasteiger partial charge in [-0.2, -0.15) is 0 Å². The number of aromatic nitrogens is 2. The first-order valence-corrected chi connectivity index (χ1v) is 10.2. The van der Waals surface area contributed by atoms with E-state index in [-0.39, 0.29) is 24.5 Å². The molecule has 152 valence electrons. The zero-order valence-electron chi connectivity index (χ0n) is 16.2. The van der Waals surface area contributed by atoms with E-state index >= 15 is 0 Å². The number of amides is 1. The van der Waals surface area contributed by atoms with E-state index in [1.807, 2.05) is 54.6 Å². The molecule has 0 spiro atoms. The molecule has 8 heteroatoms. The fourth-order valence-electron chi connectivity index (χ4n) is 3.26. The summed E-state index contributed by atoms with van der Waals surface area (Å²) in [4.78, 5) is 41.5. The van der Waals surface area contributed by atoms with Gasteiger partial charge >= 0.3 is 5.97 Å². The van der Waals surface area contributed by atoms with Crippen molar-refractivity contribution in [3.8, 4) is 0 Å². The van der Waals surface area contributed by atoms with Crippen molar-refractivity contribution in [3.63, 3.8) is 0 Å². The van der Waals surface area contributed by atoms with E-state index in [4.69, 9.17) is 4.74 Å². The van der Waals surface area contributed by atoms with Crippen molar-refractivity contribution in [1.82, 2.24) is 14.7 Å². The molecule has 0 fully saturated rings. The fraction of sp³-hybridized carbons (Fsp3) is 0.182. The molecule has 0 unspecified atom stereocenters. The van der Waals surface area contributed by atoms with Crippen molar-refractivity contribution in [1.29, 1.82) is 0 Å². The maximum absolute atomic E-state index is 12.5. The average molecular weight is 421 g/mol. The zero-order chi connectivity index (χ0) is 21.1. The third-order valence-corrected chi connectivity index (χ3v) is 5.60. The van der Waals surface area contributed by atoms with E-state index in [1.54, 1.807) is 4.40 Å². The molecule has 2 heterocycles. The minimum absolute atomic E-state index is 0.0201. The smallest absolute Gasteiger partial charge is 0.308 e. The van der Waals surface area contributed by atoms with Crippen LogP contribution in [0.15, 0.2) is 65.5 Å². The molecule has 0 aliphatic heterocycles. The van der Waals surface area contributed by atoms with Gasteiger partial charge in [0, 0.05) is 13.0 Å². The number of ether oxygens (including phenoxy) is 1. The van der Waals surface area contributed by atoms with Gasteiger partial charge in [-0.05, 0) is 17.7 Å². The lowest BCUT2D eigenvalue weighted by Gasteiger charge is -2.17. The number of hydrogen-bond acceptors (Lipinski definition) is 6. The monoisotopic (exact) mass is 421 g/mol. The normalized spacial score (nSPS) is 12.0. The van der Waals surface area contributed by atoms with E-state index in [2.05, 4.69) is 10.3 Å². The summed E-state index contributed by atoms with van der Waals surface area (Å²) in [5.41, 5.74) is 1.78. The molecular formula is C22H19N3O4S. The lowest BCUT2D eigenvalue weighted by atomic mass is 10.0. The predicted molar refractivity (Wildman–Crippen MR) is 114 cm³/mol. The summed E-state index contributed by atoms with van der Waals surface area (Å²) in [7, 11) is 0. The summed E-state index contributed by atoms with van der Waals surface area (Å²) in [6.45, 7) is 1.29. The van der Waals surface area contributed by atoms with Crippen molar-refractivity contribution < 1.29 is 14.3 Å². The van der Waals surface area contributed by atoms with Crippen LogP contribution >= 0.6 is 11.3 Å². The Kier molecular flexibility index (Phi) is 5.58. The molecule has 0 aliphatic carbocycles. The molecule has 4 aromatic rings. The van der Waals surface area contributed by atoms with Crippen molar-refractivity contribution in [2.75, 3.05) is 0 Å². The maximum atomic E-state index is 12.5. The number of hydrogen-bond donors (Lipinski definition) is 1. The van der Waals surface area contributed by atoms with Crippen LogP contribution in [0.3, 0.4) is 0 Å². The van der Waals surface area contributed by atoms with Gasteiger partial charge in [0.05, 0.1) is 28.4 Å². The number of nitrogens with zero attached hydrogens (tertiary/aromatic N) is 2. The highest BCUT2D eigenvalue weighted by Crippen LogP contribution is 2.23. The molecule has 1 amide bonds. The van der Waals surface area contributed by atoms with Crippen LogP contribution in [0.4, 0.5) is 0 Å². The maximum Gasteiger partial charge on any atom is 0.308 e. The molecule has 1 atom stereocenters. The van der Waals surface area contributed by atoms with Crippen LogP contribution in [0.25, 0.3) is 15.2 Å². The van der Waals surface area contributed by atoms with E-state index in [1.165, 1.54) is 24.3 Å². The van der Waals surface area contributed by atoms with Crippen LogP contribution < -0.4 is 10.9 Å². The van der Waals surface area contributed by atoms with Crippen molar-refractivity contribution in [2.24, 2.45) is 0 Å². The zero-order valence-corrected chi connectivity index (χ0v) is 17.0. The van der Waals surface area contributed by atoms with Crippen molar-refractivity contribution in [3.05, 3.63) is 82.3 Å². The van der Waals surface area contributed by atoms with Crippen LogP contribution in [0.5, 0.6) is 0 Å². The Morgan fingerprint density at radius 3 is 2.63 bits per heavy atom. The predicted octanol–water partition coefficient (Wildman–Crippen LogP) is 3.22. The number of carbonyl (C=O) groups excluding carboxylic acids is 2. The molecule has 0 aliphatic rings. The molecule has 0 bridgehead atoms. The summed E-state index contributed by atoms with van der Waals surface area (Å²) in [5, 5.41) is 2.77. The third kappa shape index (κ3) is 4.23. The number of esters is 1. The lowest BCUT2D eigenvalue weighted by molar-refractivity contribution is -0.145. The highest BCUT2D eigenvalue weighted by molar-refractivity contribution is 7.23. The summed E-state index contributed by atoms with van der Waals surface area (Å²) in [6, 6.07) is 17.7. The van der Waals surface area contributed by atoms with Gasteiger partial charge in [-0.25, -0.2) is 4.98 Å². The van der Waals surface area contributed by atoms with Gasteiger partial charge in [0.2, 0.25) is 5.91 Å². The van der Waals surface area contributed by atoms with Gasteiger partial charge in [0.25, 0.3) is 5.56 Å². The van der Waals surface area contributed by atoms with Crippen molar-refractivity contribution in [2.45, 2.75) is 26.0 Å². The van der Waals surface area contributed by atoms with Crippen LogP contribution in [0.2, 0.25) is 0 Å². The molecule has 4 rings (SSSR count). The van der Waals surface area contributed by atoms with Crippen LogP contribution in [0, 0.1) is 0 Å². The number of rotatable bonds is 6. The Bertz CT molecular complexity index is 1280. The quantitative estimate of drug-likeness (QED) is 0.483. The van der Waals surface area contributed by atoms with E-state index in [0.717, 1.165) is 15.8 Å². The van der Waals surface area contributed by atoms with Gasteiger partial charge < -0.3 is 10.1 Å². The largest absolute Gasteiger partial charge is 0.459 e. The third-order valence-electron chi connectivity index (χ3n) is 4.58. The molecule has 0 radical (unpaired) electrons. The second-order valence-corrected chi connectivity index (χ2v) is 7.81. The van der Waals surface area contributed by atoms with Gasteiger partial charge in [0.15, 0.2) is 4.96 Å². The highest BCUT2D eigenvalue weighted by atomic mass is 32.1. The summed E-state index contributed by atoms with van der Waals surface area (Å²) < 4.78 is 7.85. The van der Waals surface area contributed by atoms with Gasteiger partial charge in [-0.3, -0.25) is 18.8 Å². The molecule has 2 aromatic carbocycles. The summed E-state index contributed by atoms with van der Waals surface area (Å²) >= 11 is 1.40. The van der Waals surface area contributed by atoms with Crippen LogP contribution in [-0.4, -0.2) is 21.3 Å². The van der Waals surface area contributed by atoms with Gasteiger partial charge in [0.1, 0.15) is 6.61 Å². The summed E-state index contributed by atoms with van der Waals surface area (Å²) in [5.74, 6) is -0.725. The van der Waals surface area contributed by atoms with Crippen molar-refractivity contribution >= 4 is 38.4 Å². The molecule has 1 N–H and O–H groups in total. The molecular weight excluding hydrogens is 402 g/mol. The second kappa shape index (κ2) is 8.46. The number of carbonyl (C=O) groups is 2. The van der Waals surface area contributed by atoms with E-state index in [9.17, 15) is 14.4 Å². The Labute approximate surface area is 175 Å². The first-order chi connectivity index (χ1) is 14.5. The molecule has 30 heavy (non-hydrogen) atoms. The Hall–Kier alpha value is -3.52. The minimum Gasteiger partial charge on any atom is -0.459 e. The first-order valence-electron chi connectivity index (χ1n) is 9.39. The number of fused-ring (bicyclic) bond motifs is 3. The summed E-state index contributed by atoms with van der Waals surface area (Å²) in [6.07, 6.45) is -0.0201. The number of thiazole rings is 1. The second-order valence-electron chi connectivity index (χ2n) is 6.80. The Morgan fingerprint density at radius 2 is 1.87 bits per heavy atom. The number of nitrogens with one attached hydrogen (secondary N) is 1. The van der Waals surface area contributed by atoms with Gasteiger partial charge in [-0.15, -0.1) is 0 Å². The Morgan fingerprint density at radius 1 is 1.13 bits per heavy atom. The van der Waals surface area contributed by atoms with Crippen LogP contribution in [-0.2, 0) is 20.9 Å². The molecule has 7 nitrogen and oxygen atoms in total. The SMILES string of the molecule is CC(=O)N[C@H](CC(=O)OCc1cc(=O)n2c(n1)sc1ccccc12)c1ccccc1. The minimum atomic E-state index is -0.490. The number of para-hydroxylation sites is 1. The highest BCUT2D eigenvalue weighted by Gasteiger charge is 2.18. The van der Waals surface area contributed by atoms with E-state index in [0.29, 0.717) is 10.7 Å². The number of benzene rings is 2.